The summed E-state index contributed by atoms with van der Waals surface area (Å²) in [6.07, 6.45) is 11.8. The number of hydrogen-bond donors (Lipinski definition) is 1. The molecule has 0 atom stereocenters. The summed E-state index contributed by atoms with van der Waals surface area (Å²) in [5.41, 5.74) is 2.50. The average molecular weight is 420 g/mol. The molecule has 164 valence electrons. The van der Waals surface area contributed by atoms with Gasteiger partial charge in [0.1, 0.15) is 0 Å². The predicted octanol–water partition coefficient (Wildman–Crippen LogP) is 7.26. The molecule has 0 saturated carbocycles. The number of amides is 1. The quantitative estimate of drug-likeness (QED) is 0.296. The first-order chi connectivity index (χ1) is 15.3. The second-order valence-corrected chi connectivity index (χ2v) is 7.98. The van der Waals surface area contributed by atoms with Crippen molar-refractivity contribution in [2.75, 3.05) is 5.32 Å². The van der Waals surface area contributed by atoms with Gasteiger partial charge in [-0.2, -0.15) is 0 Å². The third-order valence-electron chi connectivity index (χ3n) is 5.37. The van der Waals surface area contributed by atoms with E-state index in [-0.39, 0.29) is 5.91 Å². The number of anilines is 1. The third-order valence-corrected chi connectivity index (χ3v) is 5.37. The van der Waals surface area contributed by atoms with Crippen LogP contribution in [0.15, 0.2) is 59.0 Å². The number of carbonyl (C=O) groups excluding carboxylic acids is 1. The molecular formula is C26H33N3O2. The van der Waals surface area contributed by atoms with Gasteiger partial charge in [0.05, 0.1) is 0 Å². The molecule has 2 aromatic carbocycles. The van der Waals surface area contributed by atoms with E-state index in [0.717, 1.165) is 29.7 Å². The zero-order valence-electron chi connectivity index (χ0n) is 18.5. The summed E-state index contributed by atoms with van der Waals surface area (Å²) in [7, 11) is 0. The van der Waals surface area contributed by atoms with Gasteiger partial charge in [0, 0.05) is 23.2 Å². The van der Waals surface area contributed by atoms with E-state index in [9.17, 15) is 4.79 Å². The van der Waals surface area contributed by atoms with Gasteiger partial charge in [-0.1, -0.05) is 76.5 Å². The summed E-state index contributed by atoms with van der Waals surface area (Å²) in [6, 6.07) is 17.2. The summed E-state index contributed by atoms with van der Waals surface area (Å²) in [4.78, 5) is 12.2. The summed E-state index contributed by atoms with van der Waals surface area (Å²) < 4.78 is 5.78. The fourth-order valence-electron chi connectivity index (χ4n) is 3.55. The second kappa shape index (κ2) is 12.7. The van der Waals surface area contributed by atoms with Crippen LogP contribution in [0.3, 0.4) is 0 Å². The number of carbonyl (C=O) groups is 1. The molecule has 1 heterocycles. The van der Waals surface area contributed by atoms with E-state index in [1.54, 1.807) is 0 Å². The SMILES string of the molecule is CCCCCCCCCCCC(=O)Nc1ccc(-c2nnc(-c3ccccc3)o2)cc1. The Morgan fingerprint density at radius 2 is 1.29 bits per heavy atom. The number of unbranched alkanes of at least 4 members (excludes halogenated alkanes) is 8. The van der Waals surface area contributed by atoms with Crippen molar-refractivity contribution in [2.45, 2.75) is 71.1 Å². The normalized spacial score (nSPS) is 10.9. The molecule has 1 aromatic heterocycles. The molecule has 0 aliphatic carbocycles. The lowest BCUT2D eigenvalue weighted by atomic mass is 10.1. The molecule has 0 saturated heterocycles. The van der Waals surface area contributed by atoms with Gasteiger partial charge < -0.3 is 9.73 Å². The highest BCUT2D eigenvalue weighted by Gasteiger charge is 2.10. The number of aromatic nitrogens is 2. The molecule has 5 nitrogen and oxygen atoms in total. The smallest absolute Gasteiger partial charge is 0.248 e. The van der Waals surface area contributed by atoms with Crippen LogP contribution >= 0.6 is 0 Å². The Bertz CT molecular complexity index is 904. The van der Waals surface area contributed by atoms with Crippen LogP contribution in [-0.4, -0.2) is 16.1 Å². The second-order valence-electron chi connectivity index (χ2n) is 7.98. The lowest BCUT2D eigenvalue weighted by Crippen LogP contribution is -2.10. The minimum atomic E-state index is 0.0693. The number of hydrogen-bond acceptors (Lipinski definition) is 4. The van der Waals surface area contributed by atoms with Crippen molar-refractivity contribution in [3.63, 3.8) is 0 Å². The van der Waals surface area contributed by atoms with Crippen LogP contribution in [-0.2, 0) is 4.79 Å². The monoisotopic (exact) mass is 419 g/mol. The fraction of sp³-hybridized carbons (Fsp3) is 0.423. The van der Waals surface area contributed by atoms with Gasteiger partial charge in [-0.15, -0.1) is 10.2 Å². The van der Waals surface area contributed by atoms with Crippen LogP contribution in [0.2, 0.25) is 0 Å². The van der Waals surface area contributed by atoms with E-state index >= 15 is 0 Å². The Labute approximate surface area is 185 Å². The maximum Gasteiger partial charge on any atom is 0.248 e. The van der Waals surface area contributed by atoms with Crippen LogP contribution in [0.4, 0.5) is 5.69 Å². The molecule has 0 aliphatic heterocycles. The predicted molar refractivity (Wildman–Crippen MR) is 126 cm³/mol. The third kappa shape index (κ3) is 7.67. The molecule has 0 bridgehead atoms. The van der Waals surface area contributed by atoms with Crippen molar-refractivity contribution >= 4 is 11.6 Å². The molecule has 0 aliphatic rings. The zero-order valence-corrected chi connectivity index (χ0v) is 18.5. The maximum atomic E-state index is 12.2. The van der Waals surface area contributed by atoms with Crippen molar-refractivity contribution in [3.05, 3.63) is 54.6 Å². The summed E-state index contributed by atoms with van der Waals surface area (Å²) in [5, 5.41) is 11.2. The van der Waals surface area contributed by atoms with E-state index in [2.05, 4.69) is 22.4 Å². The van der Waals surface area contributed by atoms with Gasteiger partial charge >= 0.3 is 0 Å². The van der Waals surface area contributed by atoms with Crippen LogP contribution in [0, 0.1) is 0 Å². The van der Waals surface area contributed by atoms with Crippen molar-refractivity contribution in [1.29, 1.82) is 0 Å². The Morgan fingerprint density at radius 3 is 1.90 bits per heavy atom. The summed E-state index contributed by atoms with van der Waals surface area (Å²) >= 11 is 0. The lowest BCUT2D eigenvalue weighted by molar-refractivity contribution is -0.116. The Kier molecular flexibility index (Phi) is 9.30. The van der Waals surface area contributed by atoms with Crippen molar-refractivity contribution in [1.82, 2.24) is 10.2 Å². The largest absolute Gasteiger partial charge is 0.416 e. The molecule has 0 unspecified atom stereocenters. The van der Waals surface area contributed by atoms with Gasteiger partial charge in [0.25, 0.3) is 0 Å². The molecule has 5 heteroatoms. The summed E-state index contributed by atoms with van der Waals surface area (Å²) in [6.45, 7) is 2.24. The number of rotatable bonds is 13. The Balaban J connectivity index is 1.38. The minimum Gasteiger partial charge on any atom is -0.416 e. The van der Waals surface area contributed by atoms with Crippen LogP contribution in [0.5, 0.6) is 0 Å². The van der Waals surface area contributed by atoms with Crippen molar-refractivity contribution in [3.8, 4) is 22.9 Å². The summed E-state index contributed by atoms with van der Waals surface area (Å²) in [5.74, 6) is 1.03. The van der Waals surface area contributed by atoms with Gasteiger partial charge in [0.2, 0.25) is 17.7 Å². The van der Waals surface area contributed by atoms with E-state index < -0.39 is 0 Å². The Hall–Kier alpha value is -2.95. The molecule has 1 amide bonds. The topological polar surface area (TPSA) is 68.0 Å². The first-order valence-corrected chi connectivity index (χ1v) is 11.6. The van der Waals surface area contributed by atoms with Crippen LogP contribution in [0.25, 0.3) is 22.9 Å². The molecule has 1 N–H and O–H groups in total. The number of benzene rings is 2. The van der Waals surface area contributed by atoms with Crippen LogP contribution < -0.4 is 5.32 Å². The maximum absolute atomic E-state index is 12.2. The van der Waals surface area contributed by atoms with Crippen molar-refractivity contribution < 1.29 is 9.21 Å². The van der Waals surface area contributed by atoms with E-state index in [1.165, 1.54) is 44.9 Å². The van der Waals surface area contributed by atoms with Gasteiger partial charge in [-0.3, -0.25) is 4.79 Å². The average Bonchev–Trinajstić information content (AvgIpc) is 3.29. The molecule has 3 rings (SSSR count). The van der Waals surface area contributed by atoms with Crippen molar-refractivity contribution in [2.24, 2.45) is 0 Å². The first kappa shape index (κ1) is 22.7. The van der Waals surface area contributed by atoms with Crippen LogP contribution in [0.1, 0.15) is 71.1 Å². The number of nitrogens with one attached hydrogen (secondary N) is 1. The van der Waals surface area contributed by atoms with E-state index in [1.807, 2.05) is 54.6 Å². The van der Waals surface area contributed by atoms with E-state index in [4.69, 9.17) is 4.42 Å². The van der Waals surface area contributed by atoms with Gasteiger partial charge in [-0.25, -0.2) is 0 Å². The minimum absolute atomic E-state index is 0.0693. The fourth-order valence-corrected chi connectivity index (χ4v) is 3.55. The highest BCUT2D eigenvalue weighted by atomic mass is 16.4. The highest BCUT2D eigenvalue weighted by molar-refractivity contribution is 5.90. The van der Waals surface area contributed by atoms with E-state index in [0.29, 0.717) is 18.2 Å². The molecule has 0 radical (unpaired) electrons. The molecule has 0 spiro atoms. The lowest BCUT2D eigenvalue weighted by Gasteiger charge is -2.06. The molecule has 3 aromatic rings. The zero-order chi connectivity index (χ0) is 21.7. The standard InChI is InChI=1S/C26H33N3O2/c1-2-3-4-5-6-7-8-9-13-16-24(30)27-23-19-17-22(18-20-23)26-29-28-25(31-26)21-14-11-10-12-15-21/h10-12,14-15,17-20H,2-9,13,16H2,1H3,(H,27,30). The first-order valence-electron chi connectivity index (χ1n) is 11.6. The number of nitrogens with zero attached hydrogens (tertiary/aromatic N) is 2. The molecule has 0 fully saturated rings. The molecule has 31 heavy (non-hydrogen) atoms. The molecular weight excluding hydrogens is 386 g/mol. The highest BCUT2D eigenvalue weighted by Crippen LogP contribution is 2.24. The Morgan fingerprint density at radius 1 is 0.742 bits per heavy atom. The van der Waals surface area contributed by atoms with Gasteiger partial charge in [-0.05, 0) is 42.8 Å². The van der Waals surface area contributed by atoms with Gasteiger partial charge in [0.15, 0.2) is 0 Å².